The summed E-state index contributed by atoms with van der Waals surface area (Å²) in [7, 11) is 0. The number of hydrogen-bond acceptors (Lipinski definition) is 4. The zero-order valence-electron chi connectivity index (χ0n) is 16.1. The SMILES string of the molecule is Cc1cc(=O)n(CC(=O)N2CCC(c3nccn3CC3CC3)CC2)nc1C. The van der Waals surface area contributed by atoms with Gasteiger partial charge in [0.05, 0.1) is 5.69 Å². The molecule has 1 saturated carbocycles. The predicted octanol–water partition coefficient (Wildman–Crippen LogP) is 1.87. The lowest BCUT2D eigenvalue weighted by molar-refractivity contribution is -0.133. The normalized spacial score (nSPS) is 18.1. The maximum absolute atomic E-state index is 12.6. The molecule has 1 amide bonds. The number of imidazole rings is 1. The van der Waals surface area contributed by atoms with Gasteiger partial charge in [0.1, 0.15) is 12.4 Å². The van der Waals surface area contributed by atoms with E-state index in [4.69, 9.17) is 0 Å². The van der Waals surface area contributed by atoms with E-state index in [9.17, 15) is 9.59 Å². The van der Waals surface area contributed by atoms with Gasteiger partial charge in [-0.3, -0.25) is 9.59 Å². The Bertz CT molecular complexity index is 888. The number of aromatic nitrogens is 4. The fourth-order valence-electron chi connectivity index (χ4n) is 3.82. The molecule has 0 aromatic carbocycles. The van der Waals surface area contributed by atoms with Gasteiger partial charge in [-0.05, 0) is 51.0 Å². The largest absolute Gasteiger partial charge is 0.341 e. The van der Waals surface area contributed by atoms with Crippen LogP contribution in [0.5, 0.6) is 0 Å². The van der Waals surface area contributed by atoms with E-state index < -0.39 is 0 Å². The second-order valence-corrected chi connectivity index (χ2v) is 7.94. The van der Waals surface area contributed by atoms with Gasteiger partial charge in [0.15, 0.2) is 0 Å². The first-order valence-electron chi connectivity index (χ1n) is 9.85. The smallest absolute Gasteiger partial charge is 0.267 e. The fourth-order valence-corrected chi connectivity index (χ4v) is 3.82. The van der Waals surface area contributed by atoms with Gasteiger partial charge in [0.2, 0.25) is 5.91 Å². The van der Waals surface area contributed by atoms with Crippen LogP contribution in [-0.2, 0) is 17.9 Å². The van der Waals surface area contributed by atoms with Crippen molar-refractivity contribution < 1.29 is 4.79 Å². The number of carbonyl (C=O) groups is 1. The molecule has 2 aromatic heterocycles. The molecule has 0 bridgehead atoms. The van der Waals surface area contributed by atoms with Crippen molar-refractivity contribution in [3.05, 3.63) is 45.9 Å². The highest BCUT2D eigenvalue weighted by molar-refractivity contribution is 5.76. The summed E-state index contributed by atoms with van der Waals surface area (Å²) < 4.78 is 3.58. The summed E-state index contributed by atoms with van der Waals surface area (Å²) in [5, 5.41) is 4.25. The number of likely N-dealkylation sites (tertiary alicyclic amines) is 1. The lowest BCUT2D eigenvalue weighted by Crippen LogP contribution is -2.42. The number of hydrogen-bond donors (Lipinski definition) is 0. The van der Waals surface area contributed by atoms with E-state index in [-0.39, 0.29) is 18.0 Å². The van der Waals surface area contributed by atoms with Crippen LogP contribution in [0.4, 0.5) is 0 Å². The molecule has 2 fully saturated rings. The average Bonchev–Trinajstić information content (AvgIpc) is 3.35. The minimum atomic E-state index is -0.219. The number of piperidine rings is 1. The van der Waals surface area contributed by atoms with Crippen LogP contribution >= 0.6 is 0 Å². The summed E-state index contributed by atoms with van der Waals surface area (Å²) in [5.74, 6) is 2.36. The van der Waals surface area contributed by atoms with Crippen LogP contribution in [0.25, 0.3) is 0 Å². The molecule has 27 heavy (non-hydrogen) atoms. The van der Waals surface area contributed by atoms with Crippen LogP contribution in [0.15, 0.2) is 23.3 Å². The van der Waals surface area contributed by atoms with Gasteiger partial charge in [-0.25, -0.2) is 9.67 Å². The third-order valence-corrected chi connectivity index (χ3v) is 5.83. The summed E-state index contributed by atoms with van der Waals surface area (Å²) in [6.45, 7) is 6.22. The molecular weight excluding hydrogens is 342 g/mol. The maximum Gasteiger partial charge on any atom is 0.267 e. The number of rotatable bonds is 5. The third-order valence-electron chi connectivity index (χ3n) is 5.83. The fraction of sp³-hybridized carbons (Fsp3) is 0.600. The number of amides is 1. The first-order valence-corrected chi connectivity index (χ1v) is 9.85. The zero-order chi connectivity index (χ0) is 19.0. The standard InChI is InChI=1S/C20H27N5O2/c1-14-11-18(26)25(22-15(14)2)13-19(27)23-8-5-17(6-9-23)20-21-7-10-24(20)12-16-3-4-16/h7,10-11,16-17H,3-6,8-9,12-13H2,1-2H3. The third kappa shape index (κ3) is 3.96. The molecule has 1 saturated heterocycles. The van der Waals surface area contributed by atoms with Gasteiger partial charge in [-0.2, -0.15) is 5.10 Å². The Morgan fingerprint density at radius 1 is 1.19 bits per heavy atom. The van der Waals surface area contributed by atoms with Crippen molar-refractivity contribution in [1.82, 2.24) is 24.2 Å². The van der Waals surface area contributed by atoms with Crippen LogP contribution in [0.2, 0.25) is 0 Å². The Morgan fingerprint density at radius 3 is 2.63 bits per heavy atom. The van der Waals surface area contributed by atoms with Crippen molar-refractivity contribution in [3.8, 4) is 0 Å². The van der Waals surface area contributed by atoms with Crippen LogP contribution in [0, 0.1) is 19.8 Å². The summed E-state index contributed by atoms with van der Waals surface area (Å²) in [4.78, 5) is 31.1. The Balaban J connectivity index is 1.36. The highest BCUT2D eigenvalue weighted by atomic mass is 16.2. The molecule has 7 heteroatoms. The predicted molar refractivity (Wildman–Crippen MR) is 101 cm³/mol. The van der Waals surface area contributed by atoms with Gasteiger partial charge in [0.25, 0.3) is 5.56 Å². The van der Waals surface area contributed by atoms with E-state index in [1.165, 1.54) is 23.3 Å². The average molecular weight is 369 g/mol. The van der Waals surface area contributed by atoms with Crippen molar-refractivity contribution in [1.29, 1.82) is 0 Å². The van der Waals surface area contributed by atoms with Crippen molar-refractivity contribution in [3.63, 3.8) is 0 Å². The second kappa shape index (κ2) is 7.29. The molecule has 0 atom stereocenters. The van der Waals surface area contributed by atoms with Crippen LogP contribution in [0.1, 0.15) is 48.7 Å². The van der Waals surface area contributed by atoms with E-state index in [0.29, 0.717) is 19.0 Å². The first kappa shape index (κ1) is 17.9. The minimum absolute atomic E-state index is 0.0148. The zero-order valence-corrected chi connectivity index (χ0v) is 16.1. The molecule has 3 heterocycles. The molecule has 0 unspecified atom stereocenters. The Kier molecular flexibility index (Phi) is 4.85. The highest BCUT2D eigenvalue weighted by Gasteiger charge is 2.28. The molecule has 0 spiro atoms. The molecule has 7 nitrogen and oxygen atoms in total. The quantitative estimate of drug-likeness (QED) is 0.807. The van der Waals surface area contributed by atoms with Gasteiger partial charge in [-0.1, -0.05) is 0 Å². The van der Waals surface area contributed by atoms with Crippen LogP contribution in [0.3, 0.4) is 0 Å². The summed E-state index contributed by atoms with van der Waals surface area (Å²) in [6, 6.07) is 1.54. The van der Waals surface area contributed by atoms with Crippen molar-refractivity contribution in [2.45, 2.75) is 58.5 Å². The molecule has 4 rings (SSSR count). The molecular formula is C20H27N5O2. The van der Waals surface area contributed by atoms with Gasteiger partial charge in [-0.15, -0.1) is 0 Å². The van der Waals surface area contributed by atoms with E-state index in [1.54, 1.807) is 6.07 Å². The van der Waals surface area contributed by atoms with E-state index >= 15 is 0 Å². The number of aryl methyl sites for hydroxylation is 2. The number of carbonyl (C=O) groups excluding carboxylic acids is 1. The van der Waals surface area contributed by atoms with Crippen LogP contribution < -0.4 is 5.56 Å². The van der Waals surface area contributed by atoms with E-state index in [2.05, 4.69) is 20.8 Å². The van der Waals surface area contributed by atoms with Gasteiger partial charge < -0.3 is 9.47 Å². The Morgan fingerprint density at radius 2 is 1.93 bits per heavy atom. The topological polar surface area (TPSA) is 73.0 Å². The molecule has 144 valence electrons. The Hall–Kier alpha value is -2.44. The second-order valence-electron chi connectivity index (χ2n) is 7.94. The van der Waals surface area contributed by atoms with Crippen molar-refractivity contribution in [2.75, 3.05) is 13.1 Å². The van der Waals surface area contributed by atoms with Crippen LogP contribution in [-0.4, -0.2) is 43.2 Å². The molecule has 0 N–H and O–H groups in total. The minimum Gasteiger partial charge on any atom is -0.341 e. The van der Waals surface area contributed by atoms with Crippen molar-refractivity contribution >= 4 is 5.91 Å². The molecule has 0 radical (unpaired) electrons. The first-order chi connectivity index (χ1) is 13.0. The summed E-state index contributed by atoms with van der Waals surface area (Å²) >= 11 is 0. The van der Waals surface area contributed by atoms with Crippen molar-refractivity contribution in [2.24, 2.45) is 5.92 Å². The van der Waals surface area contributed by atoms with Gasteiger partial charge >= 0.3 is 0 Å². The molecule has 2 aromatic rings. The van der Waals surface area contributed by atoms with Gasteiger partial charge in [0, 0.05) is 44.0 Å². The molecule has 1 aliphatic heterocycles. The maximum atomic E-state index is 12.6. The summed E-state index contributed by atoms with van der Waals surface area (Å²) in [6.07, 6.45) is 8.48. The highest BCUT2D eigenvalue weighted by Crippen LogP contribution is 2.33. The van der Waals surface area contributed by atoms with E-state index in [0.717, 1.165) is 36.6 Å². The molecule has 2 aliphatic rings. The Labute approximate surface area is 159 Å². The number of nitrogens with zero attached hydrogens (tertiary/aromatic N) is 5. The summed E-state index contributed by atoms with van der Waals surface area (Å²) in [5.41, 5.74) is 1.42. The lowest BCUT2D eigenvalue weighted by atomic mass is 9.95. The monoisotopic (exact) mass is 369 g/mol. The molecule has 1 aliphatic carbocycles. The lowest BCUT2D eigenvalue weighted by Gasteiger charge is -2.32. The van der Waals surface area contributed by atoms with E-state index in [1.807, 2.05) is 24.9 Å².